The van der Waals surface area contributed by atoms with Crippen LogP contribution in [0.4, 0.5) is 5.69 Å². The van der Waals surface area contributed by atoms with Crippen LogP contribution in [0.25, 0.3) is 11.0 Å². The molecule has 0 atom stereocenters. The second-order valence-corrected chi connectivity index (χ2v) is 12.3. The highest BCUT2D eigenvalue weighted by Crippen LogP contribution is 2.33. The van der Waals surface area contributed by atoms with Gasteiger partial charge in [0.05, 0.1) is 29.5 Å². The third-order valence-corrected chi connectivity index (χ3v) is 8.39. The average molecular weight is 536 g/mol. The van der Waals surface area contributed by atoms with Crippen molar-refractivity contribution in [1.29, 1.82) is 0 Å². The Labute approximate surface area is 210 Å². The van der Waals surface area contributed by atoms with Crippen LogP contribution in [-0.4, -0.2) is 56.8 Å². The van der Waals surface area contributed by atoms with Crippen LogP contribution in [0.3, 0.4) is 0 Å². The molecular weight excluding hydrogens is 506 g/mol. The predicted molar refractivity (Wildman–Crippen MR) is 135 cm³/mol. The number of hydrogen-bond acceptors (Lipinski definition) is 9. The van der Waals surface area contributed by atoms with Crippen LogP contribution in [0.1, 0.15) is 48.5 Å². The lowest BCUT2D eigenvalue weighted by Gasteiger charge is -2.29. The van der Waals surface area contributed by atoms with Crippen molar-refractivity contribution >= 4 is 42.8 Å². The summed E-state index contributed by atoms with van der Waals surface area (Å²) in [5.41, 5.74) is 1.75. The van der Waals surface area contributed by atoms with Gasteiger partial charge in [-0.1, -0.05) is 17.7 Å². The van der Waals surface area contributed by atoms with Crippen molar-refractivity contribution in [1.82, 2.24) is 8.96 Å². The molecule has 0 saturated heterocycles. The minimum atomic E-state index is -3.92. The summed E-state index contributed by atoms with van der Waals surface area (Å²) in [6, 6.07) is 8.06. The van der Waals surface area contributed by atoms with Gasteiger partial charge in [0.1, 0.15) is 5.56 Å². The van der Waals surface area contributed by atoms with Crippen molar-refractivity contribution in [2.75, 3.05) is 18.2 Å². The second-order valence-electron chi connectivity index (χ2n) is 8.85. The molecule has 194 valence electrons. The molecule has 3 aromatic rings. The number of pyridine rings is 1. The van der Waals surface area contributed by atoms with Crippen molar-refractivity contribution in [3.05, 3.63) is 53.9 Å². The van der Waals surface area contributed by atoms with Gasteiger partial charge in [-0.15, -0.1) is 0 Å². The van der Waals surface area contributed by atoms with Gasteiger partial charge in [-0.25, -0.2) is 22.2 Å². The first-order valence-electron chi connectivity index (χ1n) is 11.6. The third kappa shape index (κ3) is 5.55. The molecular formula is C24H29N3O7S2. The Morgan fingerprint density at radius 3 is 2.36 bits per heavy atom. The first-order chi connectivity index (χ1) is 17.0. The van der Waals surface area contributed by atoms with Crippen LogP contribution in [0, 0.1) is 6.92 Å². The van der Waals surface area contributed by atoms with Gasteiger partial charge in [-0.3, -0.25) is 4.18 Å². The Kier molecular flexibility index (Phi) is 7.39. The summed E-state index contributed by atoms with van der Waals surface area (Å²) in [6.07, 6.45) is 5.65. The average Bonchev–Trinajstić information content (AvgIpc) is 3.25. The molecule has 0 spiro atoms. The highest BCUT2D eigenvalue weighted by Gasteiger charge is 2.28. The van der Waals surface area contributed by atoms with Crippen molar-refractivity contribution in [3.8, 4) is 0 Å². The van der Waals surface area contributed by atoms with E-state index >= 15 is 0 Å². The molecule has 1 N–H and O–H groups in total. The Balaban J connectivity index is 1.70. The smallest absolute Gasteiger partial charge is 0.341 e. The third-order valence-electron chi connectivity index (χ3n) is 6.09. The minimum Gasteiger partial charge on any atom is -0.462 e. The molecule has 2 heterocycles. The SMILES string of the molecule is CCOC(=O)c1cnc2c(ccn2S(=O)(=O)c2ccc(C)cc2)c1NC1CCC(OS(C)(=O)=O)CC1. The lowest BCUT2D eigenvalue weighted by atomic mass is 9.92. The van der Waals surface area contributed by atoms with Gasteiger partial charge in [0.2, 0.25) is 0 Å². The van der Waals surface area contributed by atoms with Crippen LogP contribution in [0.5, 0.6) is 0 Å². The predicted octanol–water partition coefficient (Wildman–Crippen LogP) is 3.46. The van der Waals surface area contributed by atoms with E-state index in [9.17, 15) is 21.6 Å². The van der Waals surface area contributed by atoms with E-state index in [0.717, 1.165) is 15.8 Å². The van der Waals surface area contributed by atoms with E-state index in [1.165, 1.54) is 12.4 Å². The summed E-state index contributed by atoms with van der Waals surface area (Å²) < 4.78 is 61.0. The Hall–Kier alpha value is -2.96. The number of anilines is 1. The van der Waals surface area contributed by atoms with Gasteiger partial charge in [-0.2, -0.15) is 8.42 Å². The topological polar surface area (TPSA) is 134 Å². The molecule has 0 radical (unpaired) electrons. The summed E-state index contributed by atoms with van der Waals surface area (Å²) in [5.74, 6) is -0.572. The maximum Gasteiger partial charge on any atom is 0.341 e. The van der Waals surface area contributed by atoms with E-state index in [-0.39, 0.29) is 34.9 Å². The standard InChI is InChI=1S/C24H29N3O7S2/c1-4-33-24(28)21-15-25-23-20(13-14-27(23)36(31,32)19-11-5-16(2)6-12-19)22(21)26-17-7-9-18(10-8-17)34-35(3,29)30/h5-6,11-15,17-18H,4,7-10H2,1-3H3,(H,25,26). The van der Waals surface area contributed by atoms with E-state index < -0.39 is 26.1 Å². The highest BCUT2D eigenvalue weighted by molar-refractivity contribution is 7.90. The van der Waals surface area contributed by atoms with Gasteiger partial charge in [0, 0.05) is 23.8 Å². The molecule has 1 aromatic carbocycles. The number of carbonyl (C=O) groups excluding carboxylic acids is 1. The van der Waals surface area contributed by atoms with E-state index in [2.05, 4.69) is 10.3 Å². The molecule has 1 aliphatic rings. The number of fused-ring (bicyclic) bond motifs is 1. The van der Waals surface area contributed by atoms with Crippen LogP contribution >= 0.6 is 0 Å². The van der Waals surface area contributed by atoms with E-state index in [4.69, 9.17) is 8.92 Å². The monoisotopic (exact) mass is 535 g/mol. The Morgan fingerprint density at radius 1 is 1.08 bits per heavy atom. The summed E-state index contributed by atoms with van der Waals surface area (Å²) in [7, 11) is -7.46. The number of aromatic nitrogens is 2. The molecule has 2 aromatic heterocycles. The number of aryl methyl sites for hydroxylation is 1. The van der Waals surface area contributed by atoms with Gasteiger partial charge in [-0.05, 0) is 57.7 Å². The van der Waals surface area contributed by atoms with E-state index in [0.29, 0.717) is 36.8 Å². The zero-order valence-electron chi connectivity index (χ0n) is 20.3. The van der Waals surface area contributed by atoms with Crippen molar-refractivity contribution in [2.45, 2.75) is 56.6 Å². The molecule has 10 nitrogen and oxygen atoms in total. The first kappa shape index (κ1) is 26.1. The number of rotatable bonds is 8. The molecule has 0 aliphatic heterocycles. The largest absolute Gasteiger partial charge is 0.462 e. The maximum absolute atomic E-state index is 13.3. The van der Waals surface area contributed by atoms with Gasteiger partial charge in [0.15, 0.2) is 5.65 Å². The molecule has 1 saturated carbocycles. The molecule has 1 aliphatic carbocycles. The number of hydrogen-bond donors (Lipinski definition) is 1. The van der Waals surface area contributed by atoms with E-state index in [1.54, 1.807) is 37.3 Å². The zero-order chi connectivity index (χ0) is 26.1. The fraction of sp³-hybridized carbons (Fsp3) is 0.417. The van der Waals surface area contributed by atoms with Crippen LogP contribution in [0.15, 0.2) is 47.6 Å². The molecule has 36 heavy (non-hydrogen) atoms. The second kappa shape index (κ2) is 10.2. The number of nitrogens with one attached hydrogen (secondary N) is 1. The van der Waals surface area contributed by atoms with Gasteiger partial charge >= 0.3 is 5.97 Å². The van der Waals surface area contributed by atoms with Crippen molar-refractivity contribution in [3.63, 3.8) is 0 Å². The summed E-state index contributed by atoms with van der Waals surface area (Å²) in [4.78, 5) is 17.1. The molecule has 0 bridgehead atoms. The van der Waals surface area contributed by atoms with Crippen LogP contribution < -0.4 is 5.32 Å². The van der Waals surface area contributed by atoms with Gasteiger partial charge in [0.25, 0.3) is 20.1 Å². The quantitative estimate of drug-likeness (QED) is 0.340. The zero-order valence-corrected chi connectivity index (χ0v) is 21.9. The minimum absolute atomic E-state index is 0.0831. The molecule has 0 amide bonds. The highest BCUT2D eigenvalue weighted by atomic mass is 32.2. The maximum atomic E-state index is 13.3. The van der Waals surface area contributed by atoms with Crippen LogP contribution in [0.2, 0.25) is 0 Å². The van der Waals surface area contributed by atoms with E-state index in [1.807, 2.05) is 6.92 Å². The van der Waals surface area contributed by atoms with Gasteiger partial charge < -0.3 is 10.1 Å². The lowest BCUT2D eigenvalue weighted by Crippen LogP contribution is -2.31. The molecule has 12 heteroatoms. The van der Waals surface area contributed by atoms with Crippen LogP contribution in [-0.2, 0) is 29.1 Å². The van der Waals surface area contributed by atoms with Crippen molar-refractivity contribution < 1.29 is 30.6 Å². The summed E-state index contributed by atoms with van der Waals surface area (Å²) in [6.45, 7) is 3.75. The number of ether oxygens (including phenoxy) is 1. The fourth-order valence-electron chi connectivity index (χ4n) is 4.35. The Bertz CT molecular complexity index is 1470. The lowest BCUT2D eigenvalue weighted by molar-refractivity contribution is 0.0527. The first-order valence-corrected chi connectivity index (χ1v) is 14.9. The number of carbonyl (C=O) groups is 1. The number of benzene rings is 1. The molecule has 1 fully saturated rings. The number of esters is 1. The molecule has 4 rings (SSSR count). The fourth-order valence-corrected chi connectivity index (χ4v) is 6.34. The van der Waals surface area contributed by atoms with Crippen molar-refractivity contribution in [2.24, 2.45) is 0 Å². The Morgan fingerprint density at radius 2 is 1.75 bits per heavy atom. The normalized spacial score (nSPS) is 18.8. The summed E-state index contributed by atoms with van der Waals surface area (Å²) >= 11 is 0. The number of nitrogens with zero attached hydrogens (tertiary/aromatic N) is 2. The summed E-state index contributed by atoms with van der Waals surface area (Å²) in [5, 5.41) is 3.84. The molecule has 0 unspecified atom stereocenters.